The van der Waals surface area contributed by atoms with E-state index in [-0.39, 0.29) is 9.92 Å². The van der Waals surface area contributed by atoms with Crippen LogP contribution < -0.4 is 9.62 Å². The van der Waals surface area contributed by atoms with Crippen molar-refractivity contribution in [3.63, 3.8) is 0 Å². The molecule has 0 atom stereocenters. The molecular weight excluding hydrogens is 382 g/mol. The zero-order valence-electron chi connectivity index (χ0n) is 13.6. The van der Waals surface area contributed by atoms with Gasteiger partial charge in [0.05, 0.1) is 23.0 Å². The van der Waals surface area contributed by atoms with E-state index in [1.54, 1.807) is 12.1 Å². The quantitative estimate of drug-likeness (QED) is 0.614. The maximum Gasteiger partial charge on any atom is 0.289 e. The van der Waals surface area contributed by atoms with Gasteiger partial charge in [0.1, 0.15) is 5.02 Å². The summed E-state index contributed by atoms with van der Waals surface area (Å²) >= 11 is 5.72. The second-order valence-electron chi connectivity index (χ2n) is 5.62. The minimum Gasteiger partial charge on any atom is -0.378 e. The number of anilines is 2. The molecule has 10 heteroatoms. The first-order valence-electron chi connectivity index (χ1n) is 7.76. The van der Waals surface area contributed by atoms with E-state index in [1.807, 2.05) is 12.1 Å². The average Bonchev–Trinajstić information content (AvgIpc) is 2.62. The van der Waals surface area contributed by atoms with Crippen LogP contribution in [-0.2, 0) is 14.8 Å². The number of sulfonamides is 1. The van der Waals surface area contributed by atoms with Gasteiger partial charge in [-0.05, 0) is 36.4 Å². The molecule has 1 N–H and O–H groups in total. The third-order valence-electron chi connectivity index (χ3n) is 3.92. The molecule has 0 radical (unpaired) electrons. The van der Waals surface area contributed by atoms with Crippen LogP contribution >= 0.6 is 11.6 Å². The number of ether oxygens (including phenoxy) is 1. The van der Waals surface area contributed by atoms with Gasteiger partial charge in [-0.2, -0.15) is 0 Å². The van der Waals surface area contributed by atoms with Crippen LogP contribution in [-0.4, -0.2) is 39.6 Å². The fraction of sp³-hybridized carbons (Fsp3) is 0.250. The maximum absolute atomic E-state index is 12.5. The van der Waals surface area contributed by atoms with Gasteiger partial charge in [0.25, 0.3) is 15.7 Å². The zero-order valence-corrected chi connectivity index (χ0v) is 15.2. The highest BCUT2D eigenvalue weighted by atomic mass is 35.5. The molecule has 1 aliphatic rings. The lowest BCUT2D eigenvalue weighted by Gasteiger charge is -2.28. The number of morpholine rings is 1. The van der Waals surface area contributed by atoms with Crippen molar-refractivity contribution in [2.24, 2.45) is 0 Å². The van der Waals surface area contributed by atoms with E-state index in [1.165, 1.54) is 12.1 Å². The Morgan fingerprint density at radius 1 is 1.12 bits per heavy atom. The molecule has 0 bridgehead atoms. The van der Waals surface area contributed by atoms with Crippen LogP contribution in [0.1, 0.15) is 0 Å². The Balaban J connectivity index is 1.79. The van der Waals surface area contributed by atoms with E-state index in [0.29, 0.717) is 18.9 Å². The van der Waals surface area contributed by atoms with Crippen molar-refractivity contribution in [2.45, 2.75) is 4.90 Å². The molecule has 1 aliphatic heterocycles. The van der Waals surface area contributed by atoms with Gasteiger partial charge in [0.15, 0.2) is 0 Å². The second-order valence-corrected chi connectivity index (χ2v) is 7.71. The molecule has 2 aromatic carbocycles. The van der Waals surface area contributed by atoms with E-state index in [9.17, 15) is 18.5 Å². The average molecular weight is 398 g/mol. The summed E-state index contributed by atoms with van der Waals surface area (Å²) in [5, 5.41) is 10.8. The number of nitrogens with zero attached hydrogens (tertiary/aromatic N) is 2. The highest BCUT2D eigenvalue weighted by Crippen LogP contribution is 2.28. The van der Waals surface area contributed by atoms with Crippen molar-refractivity contribution in [2.75, 3.05) is 35.9 Å². The molecule has 0 saturated carbocycles. The highest BCUT2D eigenvalue weighted by molar-refractivity contribution is 7.92. The number of hydrogen-bond donors (Lipinski definition) is 1. The molecular formula is C16H16ClN3O5S. The Kier molecular flexibility index (Phi) is 5.30. The molecule has 1 saturated heterocycles. The Morgan fingerprint density at radius 3 is 2.38 bits per heavy atom. The van der Waals surface area contributed by atoms with Crippen molar-refractivity contribution in [1.82, 2.24) is 0 Å². The van der Waals surface area contributed by atoms with Crippen LogP contribution in [0.5, 0.6) is 0 Å². The Hall–Kier alpha value is -2.36. The van der Waals surface area contributed by atoms with Crippen LogP contribution in [0.25, 0.3) is 0 Å². The van der Waals surface area contributed by atoms with Crippen molar-refractivity contribution >= 4 is 38.7 Å². The molecule has 0 unspecified atom stereocenters. The van der Waals surface area contributed by atoms with Crippen molar-refractivity contribution in [3.8, 4) is 0 Å². The van der Waals surface area contributed by atoms with E-state index in [2.05, 4.69) is 9.62 Å². The molecule has 1 heterocycles. The van der Waals surface area contributed by atoms with Crippen LogP contribution in [0.15, 0.2) is 47.4 Å². The molecule has 0 amide bonds. The molecule has 0 spiro atoms. The first-order chi connectivity index (χ1) is 12.4. The van der Waals surface area contributed by atoms with Crippen molar-refractivity contribution in [3.05, 3.63) is 57.6 Å². The van der Waals surface area contributed by atoms with Gasteiger partial charge in [-0.1, -0.05) is 11.6 Å². The summed E-state index contributed by atoms with van der Waals surface area (Å²) in [7, 11) is -3.97. The summed E-state index contributed by atoms with van der Waals surface area (Å²) in [5.74, 6) is 0. The SMILES string of the molecule is O=[N+]([O-])c1cc(S(=O)(=O)Nc2ccc(N3CCOCC3)cc2)ccc1Cl. The van der Waals surface area contributed by atoms with Crippen molar-refractivity contribution < 1.29 is 18.1 Å². The largest absolute Gasteiger partial charge is 0.378 e. The summed E-state index contributed by atoms with van der Waals surface area (Å²) in [6.45, 7) is 2.87. The van der Waals surface area contributed by atoms with Gasteiger partial charge < -0.3 is 9.64 Å². The van der Waals surface area contributed by atoms with Crippen molar-refractivity contribution in [1.29, 1.82) is 0 Å². The molecule has 138 valence electrons. The van der Waals surface area contributed by atoms with Gasteiger partial charge in [-0.25, -0.2) is 8.42 Å². The minimum absolute atomic E-state index is 0.121. The minimum atomic E-state index is -3.97. The maximum atomic E-state index is 12.5. The molecule has 3 rings (SSSR count). The predicted molar refractivity (Wildman–Crippen MR) is 98.4 cm³/mol. The van der Waals surface area contributed by atoms with Gasteiger partial charge in [-0.3, -0.25) is 14.8 Å². The number of nitrogens with one attached hydrogen (secondary N) is 1. The first kappa shape index (κ1) is 18.4. The number of benzene rings is 2. The summed E-state index contributed by atoms with van der Waals surface area (Å²) in [4.78, 5) is 12.1. The topological polar surface area (TPSA) is 102 Å². The lowest BCUT2D eigenvalue weighted by Crippen LogP contribution is -2.36. The van der Waals surface area contributed by atoms with E-state index >= 15 is 0 Å². The molecule has 8 nitrogen and oxygen atoms in total. The molecule has 0 aliphatic carbocycles. The van der Waals surface area contributed by atoms with Crippen LogP contribution in [0.4, 0.5) is 17.1 Å². The van der Waals surface area contributed by atoms with E-state index in [4.69, 9.17) is 16.3 Å². The number of halogens is 1. The third kappa shape index (κ3) is 4.06. The molecule has 1 fully saturated rings. The first-order valence-corrected chi connectivity index (χ1v) is 9.62. The van der Waals surface area contributed by atoms with Crippen LogP contribution in [0, 0.1) is 10.1 Å². The Morgan fingerprint density at radius 2 is 1.77 bits per heavy atom. The summed E-state index contributed by atoms with van der Waals surface area (Å²) in [5.41, 5.74) is 0.871. The fourth-order valence-electron chi connectivity index (χ4n) is 2.58. The fourth-order valence-corrected chi connectivity index (χ4v) is 3.84. The molecule has 26 heavy (non-hydrogen) atoms. The zero-order chi connectivity index (χ0) is 18.7. The van der Waals surface area contributed by atoms with E-state index in [0.717, 1.165) is 24.8 Å². The monoisotopic (exact) mass is 397 g/mol. The highest BCUT2D eigenvalue weighted by Gasteiger charge is 2.21. The lowest BCUT2D eigenvalue weighted by atomic mass is 10.2. The number of nitro groups is 1. The normalized spacial score (nSPS) is 14.9. The number of rotatable bonds is 5. The smallest absolute Gasteiger partial charge is 0.289 e. The Labute approximate surface area is 155 Å². The van der Waals surface area contributed by atoms with Gasteiger partial charge in [-0.15, -0.1) is 0 Å². The molecule has 2 aromatic rings. The summed E-state index contributed by atoms with van der Waals surface area (Å²) < 4.78 is 32.7. The lowest BCUT2D eigenvalue weighted by molar-refractivity contribution is -0.384. The van der Waals surface area contributed by atoms with Crippen LogP contribution in [0.3, 0.4) is 0 Å². The van der Waals surface area contributed by atoms with E-state index < -0.39 is 20.6 Å². The second kappa shape index (κ2) is 7.48. The number of nitro benzene ring substituents is 1. The molecule has 0 aromatic heterocycles. The standard InChI is InChI=1S/C16H16ClN3O5S/c17-15-6-5-14(11-16(15)20(21)22)26(23,24)18-12-1-3-13(4-2-12)19-7-9-25-10-8-19/h1-6,11,18H,7-10H2. The van der Waals surface area contributed by atoms with Gasteiger partial charge in [0, 0.05) is 30.5 Å². The van der Waals surface area contributed by atoms with Crippen LogP contribution in [0.2, 0.25) is 5.02 Å². The summed E-state index contributed by atoms with van der Waals surface area (Å²) in [6.07, 6.45) is 0. The number of hydrogen-bond acceptors (Lipinski definition) is 6. The predicted octanol–water partition coefficient (Wildman–Crippen LogP) is 2.89. The van der Waals surface area contributed by atoms with Gasteiger partial charge in [0.2, 0.25) is 0 Å². The van der Waals surface area contributed by atoms with Gasteiger partial charge >= 0.3 is 0 Å². The Bertz CT molecular complexity index is 912. The summed E-state index contributed by atoms with van der Waals surface area (Å²) in [6, 6.07) is 10.3. The third-order valence-corrected chi connectivity index (χ3v) is 5.62.